The van der Waals surface area contributed by atoms with Gasteiger partial charge in [-0.3, -0.25) is 4.79 Å². The Kier molecular flexibility index (Phi) is 36.3. The van der Waals surface area contributed by atoms with Crippen molar-refractivity contribution in [2.75, 3.05) is 79.2 Å². The van der Waals surface area contributed by atoms with E-state index in [2.05, 4.69) is 5.32 Å². The molecule has 0 aromatic heterocycles. The van der Waals surface area contributed by atoms with E-state index < -0.39 is 232 Å². The third-order valence-corrected chi connectivity index (χ3v) is 12.8. The molecule has 2 aliphatic rings. The standard InChI is InChI=1S/C47H93N3O30/c1-21(59)30(14-53)74-44(71-23(3)32(16-55)76-43(27(63)13-52)79-41-34(18-57)78-47(40(68)39(41)67)69-10-8-6-7-9-48)28(64)20-70-46-36(50-24(4)61)42(38(66)33(17-56)77-46)80-45(75-31(15-54)22(2)60)35(19-58)73-25(5)72-29(11-49)37(65)26(62)12-51/h21-23,25-47,51-60,62-68H,6-20,48-49H2,1-5H3,(H,50,61)/t21-,22-,23-,25+,26-,27+,28+,29?,30?,31?,32?,33?,34?,35+,36?,37?,38?,39?,40?,41?,42?,43?,44?,45?,46?,47?/m1/s1. The summed E-state index contributed by atoms with van der Waals surface area (Å²) in [5.74, 6) is -0.805. The molecule has 476 valence electrons. The Morgan fingerprint density at radius 2 is 1.07 bits per heavy atom. The van der Waals surface area contributed by atoms with E-state index in [0.717, 1.165) is 6.92 Å². The van der Waals surface area contributed by atoms with Crippen LogP contribution in [0, 0.1) is 0 Å². The summed E-state index contributed by atoms with van der Waals surface area (Å²) in [4.78, 5) is 12.8. The number of rotatable bonds is 43. The minimum atomic E-state index is -2.02. The minimum absolute atomic E-state index is 0.102. The molecule has 22 N–H and O–H groups in total. The maximum atomic E-state index is 12.8. The number of amides is 1. The summed E-state index contributed by atoms with van der Waals surface area (Å²) in [6.45, 7) is -2.12. The van der Waals surface area contributed by atoms with Gasteiger partial charge in [-0.15, -0.1) is 0 Å². The van der Waals surface area contributed by atoms with Crippen LogP contribution in [0.25, 0.3) is 0 Å². The molecule has 0 aromatic rings. The van der Waals surface area contributed by atoms with Gasteiger partial charge in [-0.05, 0) is 53.5 Å². The number of carbonyl (C=O) groups is 1. The van der Waals surface area contributed by atoms with Crippen molar-refractivity contribution >= 4 is 5.91 Å². The zero-order valence-corrected chi connectivity index (χ0v) is 45.7. The van der Waals surface area contributed by atoms with Crippen molar-refractivity contribution in [3.63, 3.8) is 0 Å². The number of aliphatic hydroxyl groups is 17. The fraction of sp³-hybridized carbons (Fsp3) is 0.979. The molecule has 0 radical (unpaired) electrons. The highest BCUT2D eigenvalue weighted by Crippen LogP contribution is 2.31. The Balaban J connectivity index is 2.49. The summed E-state index contributed by atoms with van der Waals surface area (Å²) in [6.07, 6.45) is -40.0. The largest absolute Gasteiger partial charge is 0.394 e. The van der Waals surface area contributed by atoms with Crippen LogP contribution in [0.3, 0.4) is 0 Å². The van der Waals surface area contributed by atoms with Crippen molar-refractivity contribution < 1.29 is 148 Å². The van der Waals surface area contributed by atoms with Gasteiger partial charge in [0.2, 0.25) is 5.91 Å². The van der Waals surface area contributed by atoms with E-state index in [9.17, 15) is 91.6 Å². The number of aliphatic hydroxyl groups excluding tert-OH is 17. The molecule has 2 saturated heterocycles. The first-order valence-electron chi connectivity index (χ1n) is 26.4. The van der Waals surface area contributed by atoms with E-state index >= 15 is 0 Å². The first-order valence-corrected chi connectivity index (χ1v) is 26.4. The molecule has 18 unspecified atom stereocenters. The second-order valence-electron chi connectivity index (χ2n) is 19.3. The molecule has 0 spiro atoms. The van der Waals surface area contributed by atoms with Crippen molar-refractivity contribution in [2.24, 2.45) is 11.5 Å². The molecule has 26 atom stereocenters. The Hall–Kier alpha value is -1.77. The van der Waals surface area contributed by atoms with Gasteiger partial charge in [-0.2, -0.15) is 0 Å². The molecule has 0 aromatic carbocycles. The lowest BCUT2D eigenvalue weighted by Crippen LogP contribution is -2.67. The number of ether oxygens (including phenoxy) is 12. The molecular weight excluding hydrogens is 1090 g/mol. The molecule has 1 amide bonds. The maximum Gasteiger partial charge on any atom is 0.217 e. The topological polar surface area (TPSA) is 536 Å². The third kappa shape index (κ3) is 23.2. The fourth-order valence-corrected chi connectivity index (χ4v) is 8.13. The zero-order chi connectivity index (χ0) is 60.4. The molecule has 80 heavy (non-hydrogen) atoms. The van der Waals surface area contributed by atoms with E-state index in [1.807, 2.05) is 0 Å². The third-order valence-electron chi connectivity index (χ3n) is 12.8. The first-order chi connectivity index (χ1) is 37.9. The van der Waals surface area contributed by atoms with Gasteiger partial charge >= 0.3 is 0 Å². The Morgan fingerprint density at radius 1 is 0.537 bits per heavy atom. The lowest BCUT2D eigenvalue weighted by Gasteiger charge is -2.46. The van der Waals surface area contributed by atoms with Crippen LogP contribution in [0.1, 0.15) is 53.9 Å². The van der Waals surface area contributed by atoms with Crippen LogP contribution in [0.4, 0.5) is 0 Å². The maximum absolute atomic E-state index is 12.8. The summed E-state index contributed by atoms with van der Waals surface area (Å²) in [6, 6.07) is -1.67. The van der Waals surface area contributed by atoms with Crippen LogP contribution < -0.4 is 16.8 Å². The van der Waals surface area contributed by atoms with E-state index in [4.69, 9.17) is 68.3 Å². The fourth-order valence-electron chi connectivity index (χ4n) is 8.13. The zero-order valence-electron chi connectivity index (χ0n) is 45.7. The molecule has 0 bridgehead atoms. The molecule has 2 aliphatic heterocycles. The number of nitrogens with one attached hydrogen (secondary N) is 1. The summed E-state index contributed by atoms with van der Waals surface area (Å²) in [5.41, 5.74) is 11.2. The van der Waals surface area contributed by atoms with Crippen molar-refractivity contribution in [1.82, 2.24) is 5.32 Å². The second-order valence-corrected chi connectivity index (χ2v) is 19.3. The molecule has 2 heterocycles. The minimum Gasteiger partial charge on any atom is -0.394 e. The highest BCUT2D eigenvalue weighted by atomic mass is 16.8. The van der Waals surface area contributed by atoms with E-state index in [0.29, 0.717) is 25.8 Å². The number of hydrogen-bond donors (Lipinski definition) is 20. The van der Waals surface area contributed by atoms with Crippen molar-refractivity contribution in [3.05, 3.63) is 0 Å². The molecule has 33 heteroatoms. The average Bonchev–Trinajstić information content (AvgIpc) is 3.45. The molecule has 33 nitrogen and oxygen atoms in total. The van der Waals surface area contributed by atoms with E-state index in [1.165, 1.54) is 27.7 Å². The Labute approximate surface area is 463 Å². The molecule has 2 rings (SSSR count). The van der Waals surface area contributed by atoms with Gasteiger partial charge in [0.05, 0.1) is 77.8 Å². The number of unbranched alkanes of at least 4 members (excludes halogenated alkanes) is 2. The van der Waals surface area contributed by atoms with Crippen LogP contribution in [0.5, 0.6) is 0 Å². The van der Waals surface area contributed by atoms with Crippen molar-refractivity contribution in [2.45, 2.75) is 214 Å². The van der Waals surface area contributed by atoms with Gasteiger partial charge in [0.15, 0.2) is 37.7 Å². The molecule has 2 fully saturated rings. The average molecular weight is 1180 g/mol. The number of nitrogens with two attached hydrogens (primary N) is 2. The monoisotopic (exact) mass is 1180 g/mol. The molecule has 0 aliphatic carbocycles. The van der Waals surface area contributed by atoms with Gasteiger partial charge in [-0.25, -0.2) is 0 Å². The highest BCUT2D eigenvalue weighted by Gasteiger charge is 2.51. The summed E-state index contributed by atoms with van der Waals surface area (Å²) < 4.78 is 69.8. The second kappa shape index (κ2) is 39.0. The van der Waals surface area contributed by atoms with Gasteiger partial charge in [0.1, 0.15) is 104 Å². The molecule has 0 saturated carbocycles. The van der Waals surface area contributed by atoms with Gasteiger partial charge < -0.3 is 160 Å². The van der Waals surface area contributed by atoms with Crippen LogP contribution in [0.2, 0.25) is 0 Å². The normalized spacial score (nSPS) is 29.9. The predicted octanol–water partition coefficient (Wildman–Crippen LogP) is -10.3. The van der Waals surface area contributed by atoms with E-state index in [-0.39, 0.29) is 6.61 Å². The lowest BCUT2D eigenvalue weighted by molar-refractivity contribution is -0.347. The van der Waals surface area contributed by atoms with Crippen LogP contribution in [-0.2, 0) is 61.6 Å². The van der Waals surface area contributed by atoms with Crippen molar-refractivity contribution in [1.29, 1.82) is 0 Å². The van der Waals surface area contributed by atoms with Crippen LogP contribution >= 0.6 is 0 Å². The number of carbonyl (C=O) groups excluding carboxylic acids is 1. The smallest absolute Gasteiger partial charge is 0.217 e. The lowest BCUT2D eigenvalue weighted by atomic mass is 9.96. The summed E-state index contributed by atoms with van der Waals surface area (Å²) in [5, 5.41) is 181. The highest BCUT2D eigenvalue weighted by molar-refractivity contribution is 5.73. The van der Waals surface area contributed by atoms with Gasteiger partial charge in [-0.1, -0.05) is 0 Å². The van der Waals surface area contributed by atoms with E-state index in [1.54, 1.807) is 0 Å². The summed E-state index contributed by atoms with van der Waals surface area (Å²) in [7, 11) is 0. The Bertz CT molecular complexity index is 1610. The predicted molar refractivity (Wildman–Crippen MR) is 266 cm³/mol. The first kappa shape index (κ1) is 74.3. The van der Waals surface area contributed by atoms with Gasteiger partial charge in [0.25, 0.3) is 0 Å². The quantitative estimate of drug-likeness (QED) is 0.0199. The Morgan fingerprint density at radius 3 is 1.59 bits per heavy atom. The van der Waals surface area contributed by atoms with Gasteiger partial charge in [0, 0.05) is 20.1 Å². The SMILES string of the molecule is CC(=O)NC1C(OC[C@H](O)C(OC(CO)[C@@H](C)O)O[C@H](C)C(CO)OC(OC2C(CO)OC(OCCCCCN)C(O)C2O)[C@@H](O)CO)OC(CO)C(O)C1OC(OC(CO)[C@@H](C)O)[C@H](CO)O[C@@H](C)OC(CN)C(O)[C@H](O)CO. The van der Waals surface area contributed by atoms with Crippen LogP contribution in [0.15, 0.2) is 0 Å². The van der Waals surface area contributed by atoms with Crippen molar-refractivity contribution in [3.8, 4) is 0 Å². The molecular formula is C47H93N3O30. The summed E-state index contributed by atoms with van der Waals surface area (Å²) >= 11 is 0. The van der Waals surface area contributed by atoms with Crippen LogP contribution in [-0.4, -0.2) is 332 Å². The number of hydrogen-bond acceptors (Lipinski definition) is 32.